The number of hydrogen-bond donors (Lipinski definition) is 2. The number of carbonyl (C=O) groups excluding carboxylic acids is 2. The molecular formula is C23H28ClN3O4. The maximum Gasteiger partial charge on any atom is 0.255 e. The number of benzene rings is 2. The van der Waals surface area contributed by atoms with Crippen LogP contribution in [0.25, 0.3) is 0 Å². The molecule has 166 valence electrons. The molecule has 1 fully saturated rings. The van der Waals surface area contributed by atoms with E-state index in [1.54, 1.807) is 36.4 Å². The number of amides is 2. The predicted molar refractivity (Wildman–Crippen MR) is 121 cm³/mol. The third-order valence-corrected chi connectivity index (χ3v) is 5.40. The summed E-state index contributed by atoms with van der Waals surface area (Å²) < 4.78 is 5.66. The number of β-amino-alcohol motifs (C(OH)–C–C–N with tert-alkyl or cyclic N) is 1. The van der Waals surface area contributed by atoms with E-state index < -0.39 is 6.10 Å². The zero-order chi connectivity index (χ0) is 22.2. The van der Waals surface area contributed by atoms with Crippen molar-refractivity contribution in [3.8, 4) is 5.75 Å². The number of aliphatic hydroxyl groups is 1. The van der Waals surface area contributed by atoms with Crippen LogP contribution in [0.4, 0.5) is 5.69 Å². The van der Waals surface area contributed by atoms with Gasteiger partial charge in [-0.15, -0.1) is 0 Å². The zero-order valence-corrected chi connectivity index (χ0v) is 18.3. The molecule has 0 aromatic heterocycles. The Labute approximate surface area is 187 Å². The van der Waals surface area contributed by atoms with Gasteiger partial charge in [-0.1, -0.05) is 23.7 Å². The summed E-state index contributed by atoms with van der Waals surface area (Å²) in [6, 6.07) is 14.1. The summed E-state index contributed by atoms with van der Waals surface area (Å²) in [5.41, 5.74) is 1.22. The number of anilines is 1. The number of hydrogen-bond acceptors (Lipinski definition) is 5. The lowest BCUT2D eigenvalue weighted by molar-refractivity contribution is -0.114. The van der Waals surface area contributed by atoms with Crippen LogP contribution in [0.3, 0.4) is 0 Å². The van der Waals surface area contributed by atoms with Crippen molar-refractivity contribution in [2.24, 2.45) is 0 Å². The van der Waals surface area contributed by atoms with Gasteiger partial charge in [0.25, 0.3) is 5.91 Å². The van der Waals surface area contributed by atoms with E-state index in [2.05, 4.69) is 10.2 Å². The lowest BCUT2D eigenvalue weighted by atomic mass is 10.2. The first-order valence-electron chi connectivity index (χ1n) is 10.4. The Kier molecular flexibility index (Phi) is 8.28. The molecule has 1 unspecified atom stereocenters. The van der Waals surface area contributed by atoms with E-state index in [1.807, 2.05) is 17.0 Å². The highest BCUT2D eigenvalue weighted by molar-refractivity contribution is 6.33. The van der Waals surface area contributed by atoms with Gasteiger partial charge in [0, 0.05) is 38.8 Å². The smallest absolute Gasteiger partial charge is 0.255 e. The van der Waals surface area contributed by atoms with Crippen molar-refractivity contribution in [1.82, 2.24) is 9.80 Å². The maximum atomic E-state index is 12.8. The Bertz CT molecular complexity index is 891. The molecule has 0 spiro atoms. The summed E-state index contributed by atoms with van der Waals surface area (Å²) in [7, 11) is 0. The number of halogens is 1. The first-order chi connectivity index (χ1) is 14.9. The molecule has 0 saturated carbocycles. The van der Waals surface area contributed by atoms with Gasteiger partial charge in [-0.2, -0.15) is 0 Å². The highest BCUT2D eigenvalue weighted by Crippen LogP contribution is 2.19. The molecule has 1 atom stereocenters. The van der Waals surface area contributed by atoms with E-state index in [0.717, 1.165) is 13.0 Å². The number of rotatable bonds is 7. The molecule has 8 heteroatoms. The summed E-state index contributed by atoms with van der Waals surface area (Å²) >= 11 is 6.17. The highest BCUT2D eigenvalue weighted by atomic mass is 35.5. The van der Waals surface area contributed by atoms with Crippen LogP contribution >= 0.6 is 11.6 Å². The largest absolute Gasteiger partial charge is 0.491 e. The fourth-order valence-corrected chi connectivity index (χ4v) is 3.76. The van der Waals surface area contributed by atoms with Crippen LogP contribution in [0.15, 0.2) is 48.5 Å². The van der Waals surface area contributed by atoms with E-state index in [-0.39, 0.29) is 18.4 Å². The molecule has 0 radical (unpaired) electrons. The van der Waals surface area contributed by atoms with Crippen LogP contribution in [0, 0.1) is 0 Å². The molecule has 1 aliphatic heterocycles. The van der Waals surface area contributed by atoms with Crippen molar-refractivity contribution in [3.63, 3.8) is 0 Å². The van der Waals surface area contributed by atoms with E-state index in [1.165, 1.54) is 6.92 Å². The molecule has 1 heterocycles. The van der Waals surface area contributed by atoms with Gasteiger partial charge in [0.15, 0.2) is 0 Å². The van der Waals surface area contributed by atoms with Crippen molar-refractivity contribution < 1.29 is 19.4 Å². The molecule has 3 rings (SSSR count). The standard InChI is InChI=1S/C23H28ClN3O4/c1-17(28)25-18-7-9-20(10-8-18)31-16-19(29)15-26-11-4-12-27(14-13-26)23(30)21-5-2-3-6-22(21)24/h2-3,5-10,19,29H,4,11-16H2,1H3,(H,25,28). The van der Waals surface area contributed by atoms with Crippen LogP contribution in [0.5, 0.6) is 5.75 Å². The van der Waals surface area contributed by atoms with Crippen LogP contribution in [0.1, 0.15) is 23.7 Å². The Hall–Kier alpha value is -2.61. The van der Waals surface area contributed by atoms with Gasteiger partial charge >= 0.3 is 0 Å². The number of ether oxygens (including phenoxy) is 1. The van der Waals surface area contributed by atoms with Gasteiger partial charge in [-0.05, 0) is 49.4 Å². The maximum absolute atomic E-state index is 12.8. The normalized spacial score (nSPS) is 15.8. The molecule has 0 bridgehead atoms. The van der Waals surface area contributed by atoms with Gasteiger partial charge in [0.1, 0.15) is 18.5 Å². The van der Waals surface area contributed by atoms with Crippen molar-refractivity contribution in [2.45, 2.75) is 19.4 Å². The molecule has 1 aliphatic rings. The SMILES string of the molecule is CC(=O)Nc1ccc(OCC(O)CN2CCCN(C(=O)c3ccccc3Cl)CC2)cc1. The summed E-state index contributed by atoms with van der Waals surface area (Å²) in [4.78, 5) is 27.8. The van der Waals surface area contributed by atoms with Crippen molar-refractivity contribution in [2.75, 3.05) is 44.6 Å². The topological polar surface area (TPSA) is 82.1 Å². The molecule has 2 amide bonds. The molecule has 2 aromatic carbocycles. The third-order valence-electron chi connectivity index (χ3n) is 5.07. The van der Waals surface area contributed by atoms with Gasteiger partial charge in [0.05, 0.1) is 10.6 Å². The Morgan fingerprint density at radius 2 is 1.84 bits per heavy atom. The van der Waals surface area contributed by atoms with Crippen molar-refractivity contribution in [1.29, 1.82) is 0 Å². The van der Waals surface area contributed by atoms with Gasteiger partial charge < -0.3 is 20.1 Å². The summed E-state index contributed by atoms with van der Waals surface area (Å²) in [6.45, 7) is 4.81. The molecule has 2 aromatic rings. The lowest BCUT2D eigenvalue weighted by Gasteiger charge is -2.24. The molecular weight excluding hydrogens is 418 g/mol. The van der Waals surface area contributed by atoms with E-state index in [4.69, 9.17) is 16.3 Å². The first kappa shape index (κ1) is 23.1. The number of carbonyl (C=O) groups is 2. The lowest BCUT2D eigenvalue weighted by Crippen LogP contribution is -2.39. The van der Waals surface area contributed by atoms with Crippen LogP contribution in [0.2, 0.25) is 5.02 Å². The summed E-state index contributed by atoms with van der Waals surface area (Å²) in [6.07, 6.45) is 0.176. The monoisotopic (exact) mass is 445 g/mol. The second-order valence-corrected chi connectivity index (χ2v) is 8.00. The van der Waals surface area contributed by atoms with Gasteiger partial charge in [0.2, 0.25) is 5.91 Å². The molecule has 0 aliphatic carbocycles. The Morgan fingerprint density at radius 1 is 1.10 bits per heavy atom. The minimum absolute atomic E-state index is 0.0564. The first-order valence-corrected chi connectivity index (χ1v) is 10.7. The van der Waals surface area contributed by atoms with Crippen molar-refractivity contribution >= 4 is 29.1 Å². The number of aliphatic hydroxyl groups excluding tert-OH is 1. The van der Waals surface area contributed by atoms with E-state index in [0.29, 0.717) is 48.2 Å². The average Bonchev–Trinajstić information content (AvgIpc) is 2.98. The van der Waals surface area contributed by atoms with E-state index in [9.17, 15) is 14.7 Å². The zero-order valence-electron chi connectivity index (χ0n) is 17.6. The summed E-state index contributed by atoms with van der Waals surface area (Å²) in [5.74, 6) is 0.438. The van der Waals surface area contributed by atoms with Crippen LogP contribution in [-0.4, -0.2) is 72.2 Å². The molecule has 1 saturated heterocycles. The average molecular weight is 446 g/mol. The van der Waals surface area contributed by atoms with Crippen LogP contribution in [-0.2, 0) is 4.79 Å². The molecule has 31 heavy (non-hydrogen) atoms. The quantitative estimate of drug-likeness (QED) is 0.684. The predicted octanol–water partition coefficient (Wildman–Crippen LogP) is 2.89. The number of nitrogens with zero attached hydrogens (tertiary/aromatic N) is 2. The number of nitrogens with one attached hydrogen (secondary N) is 1. The Morgan fingerprint density at radius 3 is 2.55 bits per heavy atom. The third kappa shape index (κ3) is 6.95. The summed E-state index contributed by atoms with van der Waals surface area (Å²) in [5, 5.41) is 13.6. The minimum atomic E-state index is -0.652. The fourth-order valence-electron chi connectivity index (χ4n) is 3.54. The second-order valence-electron chi connectivity index (χ2n) is 7.60. The van der Waals surface area contributed by atoms with Gasteiger partial charge in [-0.25, -0.2) is 0 Å². The van der Waals surface area contributed by atoms with Crippen LogP contribution < -0.4 is 10.1 Å². The van der Waals surface area contributed by atoms with Gasteiger partial charge in [-0.3, -0.25) is 14.5 Å². The molecule has 2 N–H and O–H groups in total. The molecule has 7 nitrogen and oxygen atoms in total. The van der Waals surface area contributed by atoms with E-state index >= 15 is 0 Å². The highest BCUT2D eigenvalue weighted by Gasteiger charge is 2.23. The minimum Gasteiger partial charge on any atom is -0.491 e. The Balaban J connectivity index is 1.45. The van der Waals surface area contributed by atoms with Crippen molar-refractivity contribution in [3.05, 3.63) is 59.1 Å². The second kappa shape index (κ2) is 11.1. The fraction of sp³-hybridized carbons (Fsp3) is 0.391.